The fourth-order valence-electron chi connectivity index (χ4n) is 0.724. The van der Waals surface area contributed by atoms with Crippen LogP contribution in [0.15, 0.2) is 0 Å². The molecule has 0 aliphatic heterocycles. The number of carboxylic acids is 6. The molecule has 0 aromatic heterocycles. The molecule has 0 spiro atoms. The van der Waals surface area contributed by atoms with E-state index >= 15 is 0 Å². The van der Waals surface area contributed by atoms with Crippen molar-refractivity contribution in [1.29, 1.82) is 0 Å². The topological polar surface area (TPSA) is 301 Å². The number of aliphatic hydroxyl groups excluding tert-OH is 3. The number of carbonyl (C=O) groups is 6. The molecule has 0 radical (unpaired) electrons. The van der Waals surface area contributed by atoms with Gasteiger partial charge < -0.3 is 74.7 Å². The molecule has 3 atom stereocenters. The van der Waals surface area contributed by atoms with Crippen molar-refractivity contribution >= 4 is 35.8 Å². The quantitative estimate of drug-likeness (QED) is 0.252. The molecule has 0 aliphatic rings. The van der Waals surface area contributed by atoms with Gasteiger partial charge in [0.05, 0.1) is 36.2 Å². The third-order valence-electron chi connectivity index (χ3n) is 1.90. The van der Waals surface area contributed by atoms with E-state index in [4.69, 9.17) is 15.3 Å². The maximum Gasteiger partial charge on any atom is 0.0985 e. The summed E-state index contributed by atoms with van der Waals surface area (Å²) in [6.45, 7) is 0. The van der Waals surface area contributed by atoms with Crippen LogP contribution in [0.5, 0.6) is 0 Å². The van der Waals surface area contributed by atoms with E-state index in [0.717, 1.165) is 0 Å². The Hall–Kier alpha value is -2.61. The second kappa shape index (κ2) is 17.8. The molecule has 16 heteroatoms. The number of aliphatic carboxylic acids is 6. The molecule has 3 N–H and O–H groups in total. The van der Waals surface area contributed by atoms with E-state index in [-0.39, 0.29) is 21.1 Å². The maximum absolute atomic E-state index is 9.58. The van der Waals surface area contributed by atoms with Gasteiger partial charge in [-0.25, -0.2) is 0 Å². The number of hydrogen-bond donors (Lipinski definition) is 3. The fourth-order valence-corrected chi connectivity index (χ4v) is 0.724. The summed E-state index contributed by atoms with van der Waals surface area (Å²) in [6, 6.07) is 0. The van der Waals surface area contributed by atoms with E-state index in [1.165, 1.54) is 0 Å². The van der Waals surface area contributed by atoms with Crippen molar-refractivity contribution < 1.29 is 95.8 Å². The van der Waals surface area contributed by atoms with Crippen molar-refractivity contribution in [3.05, 3.63) is 0 Å². The molecule has 0 amide bonds. The van der Waals surface area contributed by atoms with Gasteiger partial charge >= 0.3 is 0 Å². The van der Waals surface area contributed by atoms with Crippen LogP contribution in [0.25, 0.3) is 0 Å². The molecule has 0 rings (SSSR count). The first-order chi connectivity index (χ1) is 12.1. The number of carbonyl (C=O) groups excluding carboxylic acids is 6. The van der Waals surface area contributed by atoms with Crippen molar-refractivity contribution in [2.24, 2.45) is 0 Å². The molecule has 0 heterocycles. The van der Waals surface area contributed by atoms with Crippen molar-refractivity contribution in [3.63, 3.8) is 0 Å². The van der Waals surface area contributed by atoms with Crippen LogP contribution in [0.2, 0.25) is 0 Å². The zero-order chi connectivity index (χ0) is 22.3. The molecular formula is C12H12MoO15-6. The molecule has 0 fully saturated rings. The first-order valence-electron chi connectivity index (χ1n) is 6.38. The molecule has 0 bridgehead atoms. The van der Waals surface area contributed by atoms with Crippen molar-refractivity contribution in [3.8, 4) is 0 Å². The van der Waals surface area contributed by atoms with E-state index in [1.807, 2.05) is 0 Å². The van der Waals surface area contributed by atoms with Crippen molar-refractivity contribution in [2.75, 3.05) is 0 Å². The van der Waals surface area contributed by atoms with Gasteiger partial charge in [-0.2, -0.15) is 0 Å². The third-order valence-corrected chi connectivity index (χ3v) is 1.90. The minimum absolute atomic E-state index is 0. The second-order valence-electron chi connectivity index (χ2n) is 4.23. The number of aliphatic hydroxyl groups is 3. The average Bonchev–Trinajstić information content (AvgIpc) is 2.46. The first-order valence-corrected chi connectivity index (χ1v) is 6.38. The van der Waals surface area contributed by atoms with Crippen LogP contribution >= 0.6 is 0 Å². The van der Waals surface area contributed by atoms with E-state index in [1.54, 1.807) is 0 Å². The Labute approximate surface area is 169 Å². The van der Waals surface area contributed by atoms with Gasteiger partial charge in [0.1, 0.15) is 0 Å². The molecule has 162 valence electrons. The monoisotopic (exact) mass is 494 g/mol. The minimum atomic E-state index is -1.96. The van der Waals surface area contributed by atoms with Gasteiger partial charge in [0.15, 0.2) is 0 Å². The zero-order valence-corrected chi connectivity index (χ0v) is 15.5. The van der Waals surface area contributed by atoms with Gasteiger partial charge in [-0.05, 0) is 0 Å². The Morgan fingerprint density at radius 2 is 0.643 bits per heavy atom. The molecule has 0 aliphatic carbocycles. The summed E-state index contributed by atoms with van der Waals surface area (Å²) in [6.07, 6.45) is -8.67. The van der Waals surface area contributed by atoms with Crippen LogP contribution in [-0.4, -0.2) is 69.4 Å². The summed E-state index contributed by atoms with van der Waals surface area (Å²) in [4.78, 5) is 57.4. The summed E-state index contributed by atoms with van der Waals surface area (Å²) in [5.41, 5.74) is 0. The first kappa shape index (κ1) is 33.0. The zero-order valence-electron chi connectivity index (χ0n) is 13.5. The molecule has 0 aromatic carbocycles. The van der Waals surface area contributed by atoms with E-state index in [0.29, 0.717) is 0 Å². The molecular weight excluding hydrogens is 480 g/mol. The minimum Gasteiger partial charge on any atom is -0.550 e. The van der Waals surface area contributed by atoms with Gasteiger partial charge in [-0.15, -0.1) is 0 Å². The predicted octanol–water partition coefficient (Wildman–Crippen LogP) is -11.3. The summed E-state index contributed by atoms with van der Waals surface area (Å²) < 4.78 is 0. The van der Waals surface area contributed by atoms with Crippen LogP contribution < -0.4 is 30.6 Å². The molecule has 0 saturated heterocycles. The van der Waals surface area contributed by atoms with Crippen molar-refractivity contribution in [1.82, 2.24) is 0 Å². The summed E-state index contributed by atoms with van der Waals surface area (Å²) in [5, 5.41) is 82.0. The summed E-state index contributed by atoms with van der Waals surface area (Å²) >= 11 is 0. The fraction of sp³-hybridized carbons (Fsp3) is 0.500. The number of hydrogen-bond acceptors (Lipinski definition) is 15. The van der Waals surface area contributed by atoms with Crippen LogP contribution in [0.4, 0.5) is 0 Å². The van der Waals surface area contributed by atoms with Crippen LogP contribution in [0, 0.1) is 0 Å². The summed E-state index contributed by atoms with van der Waals surface area (Å²) in [7, 11) is 0. The summed E-state index contributed by atoms with van der Waals surface area (Å²) in [5.74, 6) is -10.3. The Morgan fingerprint density at radius 1 is 0.500 bits per heavy atom. The number of carboxylic acid groups (broad SMARTS) is 6. The predicted molar refractivity (Wildman–Crippen MR) is 61.9 cm³/mol. The largest absolute Gasteiger partial charge is 0.550 e. The van der Waals surface area contributed by atoms with Gasteiger partial charge in [-0.1, -0.05) is 0 Å². The SMILES string of the molecule is O=C([O-])CC(O)C(=O)[O-].O=C([O-])CC(O)C(=O)[O-].O=C([O-])CC(O)C(=O)[O-].[Mo]. The standard InChI is InChI=1S/3C4H6O5.Mo/c3*5-2(4(8)9)1-3(6)7;/h3*2,5H,1H2,(H,6,7)(H,8,9);/p-6. The second-order valence-corrected chi connectivity index (χ2v) is 4.23. The maximum atomic E-state index is 9.58. The molecule has 15 nitrogen and oxygen atoms in total. The van der Waals surface area contributed by atoms with Gasteiger partial charge in [0.2, 0.25) is 0 Å². The Kier molecular flexibility index (Phi) is 21.0. The molecule has 0 aromatic rings. The Balaban J connectivity index is -0.000000152. The molecule has 0 saturated carbocycles. The van der Waals surface area contributed by atoms with Crippen molar-refractivity contribution in [2.45, 2.75) is 37.6 Å². The van der Waals surface area contributed by atoms with E-state index in [2.05, 4.69) is 0 Å². The van der Waals surface area contributed by atoms with Gasteiger partial charge in [-0.3, -0.25) is 0 Å². The smallest absolute Gasteiger partial charge is 0.0985 e. The number of rotatable bonds is 9. The van der Waals surface area contributed by atoms with Gasteiger partial charge in [0, 0.05) is 58.2 Å². The molecule has 28 heavy (non-hydrogen) atoms. The van der Waals surface area contributed by atoms with Crippen LogP contribution in [-0.2, 0) is 49.8 Å². The van der Waals surface area contributed by atoms with E-state index in [9.17, 15) is 59.4 Å². The van der Waals surface area contributed by atoms with Gasteiger partial charge in [0.25, 0.3) is 0 Å². The van der Waals surface area contributed by atoms with Crippen LogP contribution in [0.3, 0.4) is 0 Å². The molecule has 3 unspecified atom stereocenters. The van der Waals surface area contributed by atoms with E-state index < -0.39 is 73.4 Å². The Bertz CT molecular complexity index is 469. The average molecular weight is 492 g/mol. The third kappa shape index (κ3) is 25.6. The van der Waals surface area contributed by atoms with Crippen LogP contribution in [0.1, 0.15) is 19.3 Å². The Morgan fingerprint density at radius 3 is 0.679 bits per heavy atom. The normalized spacial score (nSPS) is 12.1.